The van der Waals surface area contributed by atoms with Crippen LogP contribution in [0.3, 0.4) is 0 Å². The van der Waals surface area contributed by atoms with Gasteiger partial charge in [-0.2, -0.15) is 9.98 Å². The molecule has 13 nitrogen and oxygen atoms in total. The first-order chi connectivity index (χ1) is 21.0. The maximum atomic E-state index is 13.5. The summed E-state index contributed by atoms with van der Waals surface area (Å²) in [5, 5.41) is 17.8. The molecule has 17 heteroatoms. The quantitative estimate of drug-likeness (QED) is 0.317. The monoisotopic (exact) mass is 643 g/mol. The van der Waals surface area contributed by atoms with Crippen molar-refractivity contribution >= 4 is 55.0 Å². The number of carbonyl (C=O) groups is 1. The van der Waals surface area contributed by atoms with Gasteiger partial charge in [0.2, 0.25) is 21.1 Å². The van der Waals surface area contributed by atoms with E-state index in [1.807, 2.05) is 24.8 Å². The van der Waals surface area contributed by atoms with Crippen molar-refractivity contribution in [3.63, 3.8) is 0 Å². The van der Waals surface area contributed by atoms with Crippen molar-refractivity contribution in [3.05, 3.63) is 29.5 Å². The summed E-state index contributed by atoms with van der Waals surface area (Å²) in [6.07, 6.45) is -0.650. The number of carbonyl (C=O) groups excluding carboxylic acids is 1. The number of amides is 1. The highest BCUT2D eigenvalue weighted by atomic mass is 32.2. The third-order valence-corrected chi connectivity index (χ3v) is 10.8. The Morgan fingerprint density at radius 3 is 2.50 bits per heavy atom. The predicted molar refractivity (Wildman–Crippen MR) is 155 cm³/mol. The molecule has 1 N–H and O–H groups in total. The number of aromatic nitrogens is 5. The number of nitrogens with one attached hydrogen (secondary N) is 1. The van der Waals surface area contributed by atoms with E-state index in [2.05, 4.69) is 29.8 Å². The number of nitrogens with zero attached hydrogens (tertiary/aromatic N) is 8. The molecule has 44 heavy (non-hydrogen) atoms. The number of ether oxygens (including phenoxy) is 1. The second kappa shape index (κ2) is 10.4. The molecule has 1 amide bonds. The van der Waals surface area contributed by atoms with Gasteiger partial charge in [-0.25, -0.2) is 27.2 Å². The third-order valence-electron chi connectivity index (χ3n) is 8.37. The molecule has 2 aliphatic heterocycles. The number of anilines is 1. The standard InChI is InChI=1S/C27H27F2N9O4S2/c1-14-8-36(9-15(2)37(14)25(39)16-10-42-11-16)22-20-18-4-3-17(44(40,41)35-27(12-30)5-6-27)7-19(18)38(23(20)32-13-31-22)26-34-33-24(43-26)21(28)29/h3-4,7,13-16,21,35H,5-6,8-11H2,1-2H3. The van der Waals surface area contributed by atoms with Crippen LogP contribution < -0.4 is 9.62 Å². The molecule has 4 aromatic rings. The van der Waals surface area contributed by atoms with Crippen LogP contribution in [0.15, 0.2) is 29.4 Å². The van der Waals surface area contributed by atoms with E-state index in [0.717, 1.165) is 0 Å². The molecule has 2 saturated heterocycles. The Bertz CT molecular complexity index is 1940. The second-order valence-corrected chi connectivity index (χ2v) is 14.2. The van der Waals surface area contributed by atoms with E-state index in [0.29, 0.717) is 78.2 Å². The highest BCUT2D eigenvalue weighted by molar-refractivity contribution is 7.89. The molecule has 1 saturated carbocycles. The summed E-state index contributed by atoms with van der Waals surface area (Å²) in [7, 11) is -4.10. The van der Waals surface area contributed by atoms with Crippen LogP contribution in [0.4, 0.5) is 14.6 Å². The first-order valence-corrected chi connectivity index (χ1v) is 16.3. The molecule has 0 spiro atoms. The fraction of sp³-hybridized carbons (Fsp3) is 0.481. The van der Waals surface area contributed by atoms with Crippen LogP contribution in [-0.2, 0) is 19.6 Å². The fourth-order valence-electron chi connectivity index (χ4n) is 6.00. The number of nitriles is 1. The third kappa shape index (κ3) is 4.67. The van der Waals surface area contributed by atoms with Crippen molar-refractivity contribution in [2.24, 2.45) is 5.92 Å². The minimum Gasteiger partial charge on any atom is -0.380 e. The number of fused-ring (bicyclic) bond motifs is 3. The van der Waals surface area contributed by atoms with E-state index in [1.165, 1.54) is 23.0 Å². The Kier molecular flexibility index (Phi) is 6.81. The summed E-state index contributed by atoms with van der Waals surface area (Å²) >= 11 is 0.676. The first kappa shape index (κ1) is 28.9. The number of sulfonamides is 1. The summed E-state index contributed by atoms with van der Waals surface area (Å²) < 4.78 is 62.9. The molecule has 2 atom stereocenters. The molecule has 7 rings (SSSR count). The van der Waals surface area contributed by atoms with Crippen LogP contribution in [-0.4, -0.2) is 87.9 Å². The molecule has 1 aliphatic carbocycles. The lowest BCUT2D eigenvalue weighted by Crippen LogP contribution is -2.61. The van der Waals surface area contributed by atoms with Gasteiger partial charge >= 0.3 is 0 Å². The zero-order valence-electron chi connectivity index (χ0n) is 23.6. The van der Waals surface area contributed by atoms with E-state index in [-0.39, 0.29) is 33.9 Å². The largest absolute Gasteiger partial charge is 0.380 e. The van der Waals surface area contributed by atoms with Crippen molar-refractivity contribution < 1.29 is 26.7 Å². The van der Waals surface area contributed by atoms with Gasteiger partial charge in [-0.3, -0.25) is 9.36 Å². The maximum absolute atomic E-state index is 13.5. The summed E-state index contributed by atoms with van der Waals surface area (Å²) in [6, 6.07) is 6.23. The van der Waals surface area contributed by atoms with Gasteiger partial charge in [-0.15, -0.1) is 10.2 Å². The molecule has 3 fully saturated rings. The zero-order valence-corrected chi connectivity index (χ0v) is 25.3. The SMILES string of the molecule is CC1CN(c2ncnc3c2c2ccc(S(=O)(=O)NC4(C#N)CC4)cc2n3-c2nnc(C(F)F)s2)CC(C)N1C(=O)C1COC1. The number of hydrogen-bond acceptors (Lipinski definition) is 11. The van der Waals surface area contributed by atoms with E-state index < -0.39 is 27.0 Å². The number of halogens is 2. The Morgan fingerprint density at radius 1 is 1.18 bits per heavy atom. The van der Waals surface area contributed by atoms with Gasteiger partial charge in [0.1, 0.15) is 17.7 Å². The number of piperazine rings is 1. The van der Waals surface area contributed by atoms with Crippen LogP contribution in [0.5, 0.6) is 0 Å². The van der Waals surface area contributed by atoms with Gasteiger partial charge in [-0.1, -0.05) is 17.4 Å². The highest BCUT2D eigenvalue weighted by Gasteiger charge is 2.47. The van der Waals surface area contributed by atoms with Crippen molar-refractivity contribution in [1.82, 2.24) is 34.4 Å². The fourth-order valence-corrected chi connectivity index (χ4v) is 8.11. The van der Waals surface area contributed by atoms with Crippen molar-refractivity contribution in [3.8, 4) is 11.2 Å². The molecule has 3 aromatic heterocycles. The number of benzene rings is 1. The van der Waals surface area contributed by atoms with Crippen LogP contribution in [0.25, 0.3) is 27.1 Å². The van der Waals surface area contributed by atoms with E-state index in [1.54, 1.807) is 6.07 Å². The molecular weight excluding hydrogens is 616 g/mol. The lowest BCUT2D eigenvalue weighted by atomic mass is 10.0. The van der Waals surface area contributed by atoms with E-state index in [4.69, 9.17) is 4.74 Å². The summed E-state index contributed by atoms with van der Waals surface area (Å²) in [4.78, 5) is 26.1. The van der Waals surface area contributed by atoms with Crippen LogP contribution in [0, 0.1) is 17.2 Å². The number of alkyl halides is 2. The average Bonchev–Trinajstić information content (AvgIpc) is 3.39. The average molecular weight is 644 g/mol. The molecule has 230 valence electrons. The Hall–Kier alpha value is -3.85. The molecule has 2 unspecified atom stereocenters. The highest BCUT2D eigenvalue weighted by Crippen LogP contribution is 2.40. The lowest BCUT2D eigenvalue weighted by molar-refractivity contribution is -0.154. The molecule has 0 radical (unpaired) electrons. The van der Waals surface area contributed by atoms with Crippen molar-refractivity contribution in [2.45, 2.75) is 55.6 Å². The minimum atomic E-state index is -4.10. The smallest absolute Gasteiger partial charge is 0.291 e. The Balaban J connectivity index is 1.36. The predicted octanol–water partition coefficient (Wildman–Crippen LogP) is 2.77. The molecular formula is C27H27F2N9O4S2. The molecule has 1 aromatic carbocycles. The van der Waals surface area contributed by atoms with E-state index >= 15 is 0 Å². The van der Waals surface area contributed by atoms with Gasteiger partial charge in [0, 0.05) is 30.6 Å². The topological polar surface area (TPSA) is 159 Å². The zero-order chi connectivity index (χ0) is 31.0. The summed E-state index contributed by atoms with van der Waals surface area (Å²) in [5.74, 6) is 0.492. The van der Waals surface area contributed by atoms with Crippen molar-refractivity contribution in [1.29, 1.82) is 5.26 Å². The molecule has 3 aliphatic rings. The second-order valence-electron chi connectivity index (χ2n) is 11.5. The van der Waals surface area contributed by atoms with Crippen LogP contribution in [0.2, 0.25) is 0 Å². The van der Waals surface area contributed by atoms with E-state index in [9.17, 15) is 27.3 Å². The Morgan fingerprint density at radius 2 is 1.91 bits per heavy atom. The van der Waals surface area contributed by atoms with Gasteiger partial charge < -0.3 is 14.5 Å². The normalized spacial score (nSPS) is 22.0. The maximum Gasteiger partial charge on any atom is 0.291 e. The van der Waals surface area contributed by atoms with Crippen LogP contribution >= 0.6 is 11.3 Å². The van der Waals surface area contributed by atoms with Crippen LogP contribution in [0.1, 0.15) is 38.1 Å². The summed E-state index contributed by atoms with van der Waals surface area (Å²) in [5.41, 5.74) is -0.443. The van der Waals surface area contributed by atoms with Gasteiger partial charge in [0.15, 0.2) is 10.7 Å². The molecule has 5 heterocycles. The minimum absolute atomic E-state index is 0.0677. The van der Waals surface area contributed by atoms with Gasteiger partial charge in [0.25, 0.3) is 6.43 Å². The lowest BCUT2D eigenvalue weighted by Gasteiger charge is -2.47. The number of rotatable bonds is 7. The first-order valence-electron chi connectivity index (χ1n) is 14.0. The van der Waals surface area contributed by atoms with Gasteiger partial charge in [0.05, 0.1) is 41.0 Å². The molecule has 0 bridgehead atoms. The summed E-state index contributed by atoms with van der Waals surface area (Å²) in [6.45, 7) is 5.76. The van der Waals surface area contributed by atoms with Gasteiger partial charge in [-0.05, 0) is 38.8 Å². The number of hydrogen-bond donors (Lipinski definition) is 1. The van der Waals surface area contributed by atoms with Crippen molar-refractivity contribution in [2.75, 3.05) is 31.2 Å². The Labute approximate surface area is 254 Å².